The van der Waals surface area contributed by atoms with E-state index < -0.39 is 0 Å². The number of thioether (sulfide) groups is 1. The SMILES string of the molecule is IC1CCCCS1. The Morgan fingerprint density at radius 2 is 2.29 bits per heavy atom. The average Bonchev–Trinajstić information content (AvgIpc) is 1.69. The molecule has 1 fully saturated rings. The maximum atomic E-state index is 2.52. The highest BCUT2D eigenvalue weighted by Crippen LogP contribution is 2.29. The molecule has 1 atom stereocenters. The first-order valence-electron chi connectivity index (χ1n) is 2.65. The third kappa shape index (κ3) is 2.22. The molecule has 0 saturated carbocycles. The second kappa shape index (κ2) is 3.17. The zero-order chi connectivity index (χ0) is 5.11. The quantitative estimate of drug-likeness (QED) is 0.453. The lowest BCUT2D eigenvalue weighted by atomic mass is 10.3. The molecule has 0 N–H and O–H groups in total. The molecule has 0 nitrogen and oxygen atoms in total. The van der Waals surface area contributed by atoms with Crippen molar-refractivity contribution in [3.8, 4) is 0 Å². The van der Waals surface area contributed by atoms with Gasteiger partial charge in [-0.3, -0.25) is 0 Å². The molecule has 0 bridgehead atoms. The minimum absolute atomic E-state index is 0.923. The molecule has 1 unspecified atom stereocenters. The summed E-state index contributed by atoms with van der Waals surface area (Å²) in [7, 11) is 0. The minimum atomic E-state index is 0.923. The van der Waals surface area contributed by atoms with E-state index in [-0.39, 0.29) is 0 Å². The normalized spacial score (nSPS) is 33.0. The lowest BCUT2D eigenvalue weighted by molar-refractivity contribution is 0.756. The fourth-order valence-corrected chi connectivity index (χ4v) is 2.86. The Balaban J connectivity index is 2.12. The fourth-order valence-electron chi connectivity index (χ4n) is 0.701. The van der Waals surface area contributed by atoms with Crippen molar-refractivity contribution in [2.45, 2.75) is 22.5 Å². The van der Waals surface area contributed by atoms with E-state index in [4.69, 9.17) is 0 Å². The molecule has 0 amide bonds. The monoisotopic (exact) mass is 228 g/mol. The summed E-state index contributed by atoms with van der Waals surface area (Å²) in [4.78, 5) is 0. The highest BCUT2D eigenvalue weighted by Gasteiger charge is 2.07. The van der Waals surface area contributed by atoms with Crippen molar-refractivity contribution >= 4 is 34.4 Å². The molecule has 1 saturated heterocycles. The van der Waals surface area contributed by atoms with Crippen LogP contribution in [-0.4, -0.2) is 9.01 Å². The van der Waals surface area contributed by atoms with E-state index in [0.717, 1.165) is 3.26 Å². The molecule has 0 aromatic rings. The lowest BCUT2D eigenvalue weighted by Crippen LogP contribution is -1.99. The Morgan fingerprint density at radius 1 is 1.43 bits per heavy atom. The topological polar surface area (TPSA) is 0 Å². The summed E-state index contributed by atoms with van der Waals surface area (Å²) in [5, 5.41) is 0. The molecule has 1 aliphatic heterocycles. The third-order valence-electron chi connectivity index (χ3n) is 1.12. The summed E-state index contributed by atoms with van der Waals surface area (Å²) in [5.74, 6) is 1.40. The summed E-state index contributed by atoms with van der Waals surface area (Å²) < 4.78 is 0.923. The molecule has 0 aliphatic carbocycles. The molecule has 2 heteroatoms. The highest BCUT2D eigenvalue weighted by atomic mass is 127. The molecule has 0 radical (unpaired) electrons. The lowest BCUT2D eigenvalue weighted by Gasteiger charge is -2.13. The van der Waals surface area contributed by atoms with Gasteiger partial charge in [-0.05, 0) is 18.6 Å². The van der Waals surface area contributed by atoms with E-state index in [1.54, 1.807) is 0 Å². The number of rotatable bonds is 0. The summed E-state index contributed by atoms with van der Waals surface area (Å²) in [5.41, 5.74) is 0. The smallest absolute Gasteiger partial charge is 0.0564 e. The minimum Gasteiger partial charge on any atom is -0.148 e. The molecule has 42 valence electrons. The van der Waals surface area contributed by atoms with Crippen LogP contribution in [0.15, 0.2) is 0 Å². The third-order valence-corrected chi connectivity index (χ3v) is 3.95. The van der Waals surface area contributed by atoms with E-state index in [0.29, 0.717) is 0 Å². The molecule has 1 aliphatic rings. The predicted molar refractivity (Wildman–Crippen MR) is 44.1 cm³/mol. The van der Waals surface area contributed by atoms with Crippen molar-refractivity contribution in [2.75, 3.05) is 5.75 Å². The van der Waals surface area contributed by atoms with Crippen molar-refractivity contribution < 1.29 is 0 Å². The maximum Gasteiger partial charge on any atom is 0.0564 e. The second-order valence-corrected chi connectivity index (χ2v) is 5.44. The van der Waals surface area contributed by atoms with Gasteiger partial charge >= 0.3 is 0 Å². The van der Waals surface area contributed by atoms with Crippen molar-refractivity contribution in [1.82, 2.24) is 0 Å². The van der Waals surface area contributed by atoms with E-state index in [1.807, 2.05) is 0 Å². The summed E-state index contributed by atoms with van der Waals surface area (Å²) in [6.45, 7) is 0. The van der Waals surface area contributed by atoms with Gasteiger partial charge < -0.3 is 0 Å². The fraction of sp³-hybridized carbons (Fsp3) is 1.00. The molecule has 0 aromatic heterocycles. The van der Waals surface area contributed by atoms with Gasteiger partial charge in [-0.2, -0.15) is 0 Å². The average molecular weight is 228 g/mol. The van der Waals surface area contributed by atoms with Crippen LogP contribution in [0.2, 0.25) is 0 Å². The Kier molecular flexibility index (Phi) is 2.81. The van der Waals surface area contributed by atoms with E-state index in [1.165, 1.54) is 25.0 Å². The van der Waals surface area contributed by atoms with Crippen LogP contribution in [0, 0.1) is 0 Å². The zero-order valence-corrected chi connectivity index (χ0v) is 7.17. The molecule has 1 rings (SSSR count). The van der Waals surface area contributed by atoms with Crippen LogP contribution < -0.4 is 0 Å². The maximum absolute atomic E-state index is 2.52. The van der Waals surface area contributed by atoms with Crippen molar-refractivity contribution in [3.63, 3.8) is 0 Å². The van der Waals surface area contributed by atoms with Crippen LogP contribution in [-0.2, 0) is 0 Å². The first-order valence-corrected chi connectivity index (χ1v) is 4.95. The zero-order valence-electron chi connectivity index (χ0n) is 4.19. The molecule has 0 aromatic carbocycles. The first-order chi connectivity index (χ1) is 3.39. The first kappa shape index (κ1) is 6.20. The highest BCUT2D eigenvalue weighted by molar-refractivity contribution is 14.1. The van der Waals surface area contributed by atoms with Gasteiger partial charge in [0.1, 0.15) is 0 Å². The van der Waals surface area contributed by atoms with E-state index in [9.17, 15) is 0 Å². The second-order valence-electron chi connectivity index (χ2n) is 1.78. The van der Waals surface area contributed by atoms with Crippen molar-refractivity contribution in [2.24, 2.45) is 0 Å². The predicted octanol–water partition coefficient (Wildman–Crippen LogP) is 2.66. The number of alkyl halides is 1. The van der Waals surface area contributed by atoms with Gasteiger partial charge in [-0.1, -0.05) is 29.0 Å². The number of hydrogen-bond donors (Lipinski definition) is 0. The van der Waals surface area contributed by atoms with E-state index in [2.05, 4.69) is 34.4 Å². The van der Waals surface area contributed by atoms with Crippen molar-refractivity contribution in [3.05, 3.63) is 0 Å². The van der Waals surface area contributed by atoms with Gasteiger partial charge in [0.15, 0.2) is 0 Å². The summed E-state index contributed by atoms with van der Waals surface area (Å²) in [6, 6.07) is 0. The molecular weight excluding hydrogens is 219 g/mol. The van der Waals surface area contributed by atoms with Crippen LogP contribution >= 0.6 is 34.4 Å². The number of halogens is 1. The Labute approximate surface area is 62.6 Å². The van der Waals surface area contributed by atoms with Crippen LogP contribution in [0.5, 0.6) is 0 Å². The van der Waals surface area contributed by atoms with Gasteiger partial charge in [-0.15, -0.1) is 11.8 Å². The Hall–Kier alpha value is 1.08. The molecule has 1 heterocycles. The van der Waals surface area contributed by atoms with Gasteiger partial charge in [0.2, 0.25) is 0 Å². The Bertz CT molecular complexity index is 50.0. The summed E-state index contributed by atoms with van der Waals surface area (Å²) in [6.07, 6.45) is 4.34. The van der Waals surface area contributed by atoms with Gasteiger partial charge in [0, 0.05) is 0 Å². The van der Waals surface area contributed by atoms with Gasteiger partial charge in [0.25, 0.3) is 0 Å². The molecule has 7 heavy (non-hydrogen) atoms. The molecule has 0 spiro atoms. The Morgan fingerprint density at radius 3 is 2.57 bits per heavy atom. The largest absolute Gasteiger partial charge is 0.148 e. The van der Waals surface area contributed by atoms with Crippen molar-refractivity contribution in [1.29, 1.82) is 0 Å². The van der Waals surface area contributed by atoms with E-state index >= 15 is 0 Å². The standard InChI is InChI=1S/C5H9IS/c6-5-3-1-2-4-7-5/h5H,1-4H2. The number of hydrogen-bond acceptors (Lipinski definition) is 1. The van der Waals surface area contributed by atoms with Crippen LogP contribution in [0.4, 0.5) is 0 Å². The van der Waals surface area contributed by atoms with Crippen LogP contribution in [0.1, 0.15) is 19.3 Å². The molecular formula is C5H9IS. The van der Waals surface area contributed by atoms with Crippen LogP contribution in [0.25, 0.3) is 0 Å². The van der Waals surface area contributed by atoms with Gasteiger partial charge in [-0.25, -0.2) is 0 Å². The van der Waals surface area contributed by atoms with Crippen LogP contribution in [0.3, 0.4) is 0 Å². The van der Waals surface area contributed by atoms with Gasteiger partial charge in [0.05, 0.1) is 3.26 Å². The summed E-state index contributed by atoms with van der Waals surface area (Å²) >= 11 is 4.62.